The van der Waals surface area contributed by atoms with Crippen molar-refractivity contribution < 1.29 is 4.79 Å². The van der Waals surface area contributed by atoms with Crippen LogP contribution in [0.5, 0.6) is 0 Å². The number of nitrogens with zero attached hydrogens (tertiary/aromatic N) is 2. The zero-order valence-corrected chi connectivity index (χ0v) is 12.9. The van der Waals surface area contributed by atoms with Crippen LogP contribution in [0.25, 0.3) is 0 Å². The van der Waals surface area contributed by atoms with E-state index in [-0.39, 0.29) is 0 Å². The van der Waals surface area contributed by atoms with Crippen LogP contribution in [0.4, 0.5) is 0 Å². The number of likely N-dealkylation sites (tertiary alicyclic amines) is 1. The van der Waals surface area contributed by atoms with Crippen molar-refractivity contribution in [2.75, 3.05) is 33.7 Å². The fourth-order valence-electron chi connectivity index (χ4n) is 3.17. The second kappa shape index (κ2) is 6.51. The van der Waals surface area contributed by atoms with Gasteiger partial charge in [0.25, 0.3) is 0 Å². The van der Waals surface area contributed by atoms with Crippen molar-refractivity contribution in [3.63, 3.8) is 0 Å². The molecule has 0 N–H and O–H groups in total. The Morgan fingerprint density at radius 2 is 2.05 bits per heavy atom. The van der Waals surface area contributed by atoms with Gasteiger partial charge in [0.2, 0.25) is 0 Å². The number of hydrogen-bond acceptors (Lipinski definition) is 3. The summed E-state index contributed by atoms with van der Waals surface area (Å²) in [5.74, 6) is 0. The first-order chi connectivity index (χ1) is 9.55. The first-order valence-electron chi connectivity index (χ1n) is 7.46. The summed E-state index contributed by atoms with van der Waals surface area (Å²) in [6, 6.07) is 10.7. The molecule has 1 aromatic rings. The largest absolute Gasteiger partial charge is 0.308 e. The maximum Gasteiger partial charge on any atom is 0.131 e. The van der Waals surface area contributed by atoms with Crippen LogP contribution in [-0.4, -0.2) is 55.9 Å². The Balaban J connectivity index is 2.11. The van der Waals surface area contributed by atoms with E-state index in [0.29, 0.717) is 6.04 Å². The van der Waals surface area contributed by atoms with Crippen molar-refractivity contribution in [3.05, 3.63) is 35.9 Å². The summed E-state index contributed by atoms with van der Waals surface area (Å²) in [5, 5.41) is 0. The van der Waals surface area contributed by atoms with Gasteiger partial charge in [-0.25, -0.2) is 0 Å². The van der Waals surface area contributed by atoms with Crippen molar-refractivity contribution in [2.45, 2.75) is 31.2 Å². The molecule has 0 saturated carbocycles. The van der Waals surface area contributed by atoms with Crippen molar-refractivity contribution in [1.29, 1.82) is 0 Å². The normalized spacial score (nSPS) is 22.9. The number of rotatable bonds is 6. The third kappa shape index (κ3) is 3.47. The minimum atomic E-state index is -0.407. The van der Waals surface area contributed by atoms with Crippen LogP contribution >= 0.6 is 0 Å². The lowest BCUT2D eigenvalue weighted by atomic mass is 9.83. The smallest absolute Gasteiger partial charge is 0.131 e. The van der Waals surface area contributed by atoms with Gasteiger partial charge in [0, 0.05) is 19.1 Å². The second-order valence-corrected chi connectivity index (χ2v) is 6.43. The highest BCUT2D eigenvalue weighted by Crippen LogP contribution is 2.27. The van der Waals surface area contributed by atoms with E-state index >= 15 is 0 Å². The lowest BCUT2D eigenvalue weighted by Crippen LogP contribution is -2.45. The molecule has 1 heterocycles. The Hall–Kier alpha value is -1.19. The zero-order valence-electron chi connectivity index (χ0n) is 12.9. The molecule has 3 heteroatoms. The van der Waals surface area contributed by atoms with Crippen LogP contribution < -0.4 is 0 Å². The number of likely N-dealkylation sites (N-methyl/N-ethyl adjacent to an activating group) is 1. The molecule has 0 aromatic heterocycles. The molecule has 1 aliphatic heterocycles. The molecule has 20 heavy (non-hydrogen) atoms. The van der Waals surface area contributed by atoms with Crippen LogP contribution in [-0.2, 0) is 10.2 Å². The molecule has 0 amide bonds. The first kappa shape index (κ1) is 15.2. The van der Waals surface area contributed by atoms with Gasteiger partial charge < -0.3 is 9.69 Å². The van der Waals surface area contributed by atoms with Gasteiger partial charge in [0.1, 0.15) is 6.29 Å². The van der Waals surface area contributed by atoms with Gasteiger partial charge in [-0.05, 0) is 46.0 Å². The van der Waals surface area contributed by atoms with Gasteiger partial charge in [0.05, 0.1) is 5.41 Å². The molecule has 2 rings (SSSR count). The van der Waals surface area contributed by atoms with Gasteiger partial charge >= 0.3 is 0 Å². The zero-order chi connectivity index (χ0) is 14.6. The van der Waals surface area contributed by atoms with E-state index in [1.54, 1.807) is 0 Å². The van der Waals surface area contributed by atoms with E-state index in [1.165, 1.54) is 12.8 Å². The molecule has 2 unspecified atom stereocenters. The van der Waals surface area contributed by atoms with Crippen molar-refractivity contribution in [3.8, 4) is 0 Å². The van der Waals surface area contributed by atoms with Crippen LogP contribution in [0.1, 0.15) is 25.3 Å². The fourth-order valence-corrected chi connectivity index (χ4v) is 3.17. The van der Waals surface area contributed by atoms with E-state index in [4.69, 9.17) is 0 Å². The summed E-state index contributed by atoms with van der Waals surface area (Å²) in [7, 11) is 4.24. The molecule has 0 radical (unpaired) electrons. The molecular weight excluding hydrogens is 248 g/mol. The average Bonchev–Trinajstić information content (AvgIpc) is 2.86. The number of carbonyl (C=O) groups is 1. The van der Waals surface area contributed by atoms with E-state index < -0.39 is 5.41 Å². The van der Waals surface area contributed by atoms with E-state index in [9.17, 15) is 4.79 Å². The summed E-state index contributed by atoms with van der Waals surface area (Å²) >= 11 is 0. The number of hydrogen-bond donors (Lipinski definition) is 0. The third-order valence-electron chi connectivity index (χ3n) is 4.30. The average molecular weight is 274 g/mol. The van der Waals surface area contributed by atoms with Crippen molar-refractivity contribution >= 4 is 6.29 Å². The highest BCUT2D eigenvalue weighted by Gasteiger charge is 2.34. The molecule has 3 nitrogen and oxygen atoms in total. The maximum atomic E-state index is 11.7. The molecule has 110 valence electrons. The molecule has 1 fully saturated rings. The fraction of sp³-hybridized carbons (Fsp3) is 0.588. The Morgan fingerprint density at radius 1 is 1.35 bits per heavy atom. The minimum Gasteiger partial charge on any atom is -0.308 e. The predicted molar refractivity (Wildman–Crippen MR) is 83.0 cm³/mol. The molecule has 1 aromatic carbocycles. The maximum absolute atomic E-state index is 11.7. The molecular formula is C17H26N2O. The Morgan fingerprint density at radius 3 is 2.65 bits per heavy atom. The number of benzene rings is 1. The van der Waals surface area contributed by atoms with E-state index in [2.05, 4.69) is 43.0 Å². The van der Waals surface area contributed by atoms with Gasteiger partial charge in [-0.1, -0.05) is 30.3 Å². The van der Waals surface area contributed by atoms with Gasteiger partial charge in [0.15, 0.2) is 0 Å². The van der Waals surface area contributed by atoms with Gasteiger partial charge in [-0.3, -0.25) is 4.90 Å². The lowest BCUT2D eigenvalue weighted by Gasteiger charge is -2.34. The number of aldehydes is 1. The minimum absolute atomic E-state index is 0.407. The Bertz CT molecular complexity index is 432. The summed E-state index contributed by atoms with van der Waals surface area (Å²) in [5.41, 5.74) is 0.710. The summed E-state index contributed by atoms with van der Waals surface area (Å²) < 4.78 is 0. The van der Waals surface area contributed by atoms with Crippen molar-refractivity contribution in [2.24, 2.45) is 0 Å². The van der Waals surface area contributed by atoms with E-state index in [0.717, 1.165) is 31.5 Å². The van der Waals surface area contributed by atoms with E-state index in [1.807, 2.05) is 18.2 Å². The quantitative estimate of drug-likeness (QED) is 0.743. The predicted octanol–water partition coefficient (Wildman–Crippen LogP) is 2.17. The van der Waals surface area contributed by atoms with Crippen LogP contribution in [0.15, 0.2) is 30.3 Å². The molecule has 0 spiro atoms. The number of carbonyl (C=O) groups excluding carboxylic acids is 1. The summed E-state index contributed by atoms with van der Waals surface area (Å²) in [4.78, 5) is 16.4. The molecule has 2 atom stereocenters. The summed E-state index contributed by atoms with van der Waals surface area (Å²) in [6.07, 6.45) is 3.59. The topological polar surface area (TPSA) is 23.6 Å². The molecule has 1 saturated heterocycles. The standard InChI is InChI=1S/C17H26N2O/c1-17(14-20,15-8-5-4-6-9-15)13-19-11-7-10-16(19)12-18(2)3/h4-6,8-9,14,16H,7,10-13H2,1-3H3. The van der Waals surface area contributed by atoms with Crippen LogP contribution in [0.3, 0.4) is 0 Å². The highest BCUT2D eigenvalue weighted by atomic mass is 16.1. The Kier molecular flexibility index (Phi) is 4.95. The monoisotopic (exact) mass is 274 g/mol. The SMILES string of the molecule is CN(C)CC1CCCN1CC(C)(C=O)c1ccccc1. The molecule has 1 aliphatic rings. The first-order valence-corrected chi connectivity index (χ1v) is 7.46. The second-order valence-electron chi connectivity index (χ2n) is 6.43. The van der Waals surface area contributed by atoms with Gasteiger partial charge in [-0.2, -0.15) is 0 Å². The molecule has 0 aliphatic carbocycles. The van der Waals surface area contributed by atoms with Crippen LogP contribution in [0, 0.1) is 0 Å². The summed E-state index contributed by atoms with van der Waals surface area (Å²) in [6.45, 7) is 5.05. The third-order valence-corrected chi connectivity index (χ3v) is 4.30. The van der Waals surface area contributed by atoms with Crippen LogP contribution in [0.2, 0.25) is 0 Å². The van der Waals surface area contributed by atoms with Crippen molar-refractivity contribution in [1.82, 2.24) is 9.80 Å². The lowest BCUT2D eigenvalue weighted by molar-refractivity contribution is -0.112. The molecule has 0 bridgehead atoms. The van der Waals surface area contributed by atoms with Gasteiger partial charge in [-0.15, -0.1) is 0 Å². The highest BCUT2D eigenvalue weighted by molar-refractivity contribution is 5.68. The Labute approximate surface area is 122 Å².